The normalized spacial score (nSPS) is 15.5. The largest absolute Gasteiger partial charge is 0.360 e. The van der Waals surface area contributed by atoms with Gasteiger partial charge in [0.2, 0.25) is 5.95 Å². The second-order valence-corrected chi connectivity index (χ2v) is 7.28. The molecule has 3 aromatic heterocycles. The monoisotopic (exact) mass is 407 g/mol. The molecule has 0 aliphatic carbocycles. The van der Waals surface area contributed by atoms with E-state index in [4.69, 9.17) is 0 Å². The van der Waals surface area contributed by atoms with Gasteiger partial charge >= 0.3 is 0 Å². The smallest absolute Gasteiger partial charge is 0.255 e. The Morgan fingerprint density at radius 1 is 1.10 bits per heavy atom. The van der Waals surface area contributed by atoms with Crippen LogP contribution in [0.5, 0.6) is 0 Å². The number of nitrogens with zero attached hydrogens (tertiary/aromatic N) is 8. The fourth-order valence-electron chi connectivity index (χ4n) is 3.53. The van der Waals surface area contributed by atoms with Crippen molar-refractivity contribution >= 4 is 17.7 Å². The third-order valence-corrected chi connectivity index (χ3v) is 5.13. The van der Waals surface area contributed by atoms with Crippen molar-refractivity contribution in [2.24, 2.45) is 7.05 Å². The number of aryl methyl sites for hydroxylation is 1. The van der Waals surface area contributed by atoms with Crippen LogP contribution in [-0.4, -0.2) is 66.7 Å². The SMILES string of the molecule is C[C@@H](Nc1ccc(C(=O)N2CCCN(c3ncccn3)CC2)cn1)c1nncn1C. The zero-order chi connectivity index (χ0) is 20.9. The molecule has 10 heteroatoms. The molecule has 0 saturated carbocycles. The van der Waals surface area contributed by atoms with Crippen LogP contribution in [0.1, 0.15) is 35.6 Å². The summed E-state index contributed by atoms with van der Waals surface area (Å²) in [5.41, 5.74) is 0.580. The molecule has 1 atom stereocenters. The lowest BCUT2D eigenvalue weighted by atomic mass is 10.2. The maximum atomic E-state index is 13.0. The molecule has 1 amide bonds. The molecule has 156 valence electrons. The Kier molecular flexibility index (Phi) is 5.82. The molecule has 30 heavy (non-hydrogen) atoms. The number of carbonyl (C=O) groups is 1. The van der Waals surface area contributed by atoms with Crippen molar-refractivity contribution in [1.29, 1.82) is 0 Å². The van der Waals surface area contributed by atoms with E-state index in [1.807, 2.05) is 35.6 Å². The molecule has 4 heterocycles. The molecule has 0 unspecified atom stereocenters. The van der Waals surface area contributed by atoms with Crippen LogP contribution in [-0.2, 0) is 7.05 Å². The molecule has 1 N–H and O–H groups in total. The highest BCUT2D eigenvalue weighted by Gasteiger charge is 2.22. The fraction of sp³-hybridized carbons (Fsp3) is 0.400. The number of rotatable bonds is 5. The zero-order valence-corrected chi connectivity index (χ0v) is 17.1. The van der Waals surface area contributed by atoms with E-state index in [2.05, 4.69) is 35.4 Å². The predicted molar refractivity (Wildman–Crippen MR) is 112 cm³/mol. The van der Waals surface area contributed by atoms with Crippen LogP contribution >= 0.6 is 0 Å². The molecule has 1 saturated heterocycles. The zero-order valence-electron chi connectivity index (χ0n) is 17.1. The van der Waals surface area contributed by atoms with Gasteiger partial charge in [-0.25, -0.2) is 15.0 Å². The molecular formula is C20H25N9O. The summed E-state index contributed by atoms with van der Waals surface area (Å²) < 4.78 is 1.86. The third-order valence-electron chi connectivity index (χ3n) is 5.13. The Bertz CT molecular complexity index is 973. The lowest BCUT2D eigenvalue weighted by Crippen LogP contribution is -2.35. The molecule has 0 aromatic carbocycles. The van der Waals surface area contributed by atoms with E-state index < -0.39 is 0 Å². The third kappa shape index (κ3) is 4.37. The van der Waals surface area contributed by atoms with Crippen molar-refractivity contribution in [2.45, 2.75) is 19.4 Å². The van der Waals surface area contributed by atoms with E-state index in [1.165, 1.54) is 0 Å². The number of hydrogen-bond acceptors (Lipinski definition) is 8. The molecule has 0 bridgehead atoms. The minimum atomic E-state index is -0.0525. The predicted octanol–water partition coefficient (Wildman–Crippen LogP) is 1.53. The number of carbonyl (C=O) groups excluding carboxylic acids is 1. The highest BCUT2D eigenvalue weighted by molar-refractivity contribution is 5.94. The Morgan fingerprint density at radius 3 is 2.63 bits per heavy atom. The lowest BCUT2D eigenvalue weighted by Gasteiger charge is -2.22. The van der Waals surface area contributed by atoms with Gasteiger partial charge < -0.3 is 19.7 Å². The van der Waals surface area contributed by atoms with Gasteiger partial charge in [0.15, 0.2) is 5.82 Å². The Balaban J connectivity index is 1.37. The van der Waals surface area contributed by atoms with E-state index in [1.54, 1.807) is 31.0 Å². The number of nitrogens with one attached hydrogen (secondary N) is 1. The first-order chi connectivity index (χ1) is 14.6. The quantitative estimate of drug-likeness (QED) is 0.679. The topological polar surface area (TPSA) is 105 Å². The summed E-state index contributed by atoms with van der Waals surface area (Å²) in [6, 6.07) is 5.38. The summed E-state index contributed by atoms with van der Waals surface area (Å²) >= 11 is 0. The molecule has 10 nitrogen and oxygen atoms in total. The van der Waals surface area contributed by atoms with Gasteiger partial charge in [0.1, 0.15) is 12.1 Å². The highest BCUT2D eigenvalue weighted by atomic mass is 16.2. The van der Waals surface area contributed by atoms with Crippen LogP contribution in [0.15, 0.2) is 43.1 Å². The molecule has 1 fully saturated rings. The molecule has 1 aliphatic rings. The van der Waals surface area contributed by atoms with Crippen LogP contribution in [0.4, 0.5) is 11.8 Å². The van der Waals surface area contributed by atoms with Crippen molar-refractivity contribution in [2.75, 3.05) is 36.4 Å². The van der Waals surface area contributed by atoms with Crippen LogP contribution in [0.2, 0.25) is 0 Å². The number of hydrogen-bond donors (Lipinski definition) is 1. The highest BCUT2D eigenvalue weighted by Crippen LogP contribution is 2.17. The van der Waals surface area contributed by atoms with Gasteiger partial charge in [-0.15, -0.1) is 10.2 Å². The average Bonchev–Trinajstić information content (AvgIpc) is 3.06. The van der Waals surface area contributed by atoms with Crippen LogP contribution in [0.3, 0.4) is 0 Å². The second kappa shape index (κ2) is 8.85. The van der Waals surface area contributed by atoms with Gasteiger partial charge in [-0.1, -0.05) is 0 Å². The van der Waals surface area contributed by atoms with E-state index in [-0.39, 0.29) is 11.9 Å². The maximum Gasteiger partial charge on any atom is 0.255 e. The number of anilines is 2. The van der Waals surface area contributed by atoms with E-state index in [0.717, 1.165) is 18.8 Å². The maximum absolute atomic E-state index is 13.0. The van der Waals surface area contributed by atoms with Gasteiger partial charge in [0.25, 0.3) is 5.91 Å². The lowest BCUT2D eigenvalue weighted by molar-refractivity contribution is 0.0766. The van der Waals surface area contributed by atoms with Crippen LogP contribution < -0.4 is 10.2 Å². The molecule has 3 aromatic rings. The molecule has 0 spiro atoms. The van der Waals surface area contributed by atoms with Crippen molar-refractivity contribution < 1.29 is 4.79 Å². The summed E-state index contributed by atoms with van der Waals surface area (Å²) in [5.74, 6) is 2.20. The first-order valence-corrected chi connectivity index (χ1v) is 9.99. The summed E-state index contributed by atoms with van der Waals surface area (Å²) in [7, 11) is 1.90. The van der Waals surface area contributed by atoms with Gasteiger partial charge in [-0.2, -0.15) is 0 Å². The standard InChI is InChI=1S/C20H25N9O/c1-15(18-26-24-14-27(18)2)25-17-6-5-16(13-23-17)19(30)28-9-4-10-29(12-11-28)20-21-7-3-8-22-20/h3,5-8,13-15H,4,9-12H2,1-2H3,(H,23,25)/t15-/m1/s1. The molecular weight excluding hydrogens is 382 g/mol. The van der Waals surface area contributed by atoms with Crippen molar-refractivity contribution in [3.8, 4) is 0 Å². The van der Waals surface area contributed by atoms with Gasteiger partial charge in [-0.3, -0.25) is 4.79 Å². The van der Waals surface area contributed by atoms with Gasteiger partial charge in [0, 0.05) is 51.8 Å². The number of pyridine rings is 1. The summed E-state index contributed by atoms with van der Waals surface area (Å²) in [6.45, 7) is 4.85. The minimum Gasteiger partial charge on any atom is -0.360 e. The van der Waals surface area contributed by atoms with Crippen LogP contribution in [0, 0.1) is 0 Å². The molecule has 1 aliphatic heterocycles. The van der Waals surface area contributed by atoms with Crippen molar-refractivity contribution in [3.63, 3.8) is 0 Å². The Labute approximate surface area is 175 Å². The molecule has 0 radical (unpaired) electrons. The number of aromatic nitrogens is 6. The Hall–Kier alpha value is -3.56. The van der Waals surface area contributed by atoms with E-state index in [0.29, 0.717) is 37.0 Å². The van der Waals surface area contributed by atoms with Gasteiger partial charge in [0.05, 0.1) is 11.6 Å². The van der Waals surface area contributed by atoms with E-state index >= 15 is 0 Å². The molecule has 4 rings (SSSR count). The van der Waals surface area contributed by atoms with Crippen LogP contribution in [0.25, 0.3) is 0 Å². The Morgan fingerprint density at radius 2 is 1.93 bits per heavy atom. The average molecular weight is 407 g/mol. The first kappa shape index (κ1) is 19.7. The summed E-state index contributed by atoms with van der Waals surface area (Å²) in [4.78, 5) is 30.0. The summed E-state index contributed by atoms with van der Waals surface area (Å²) in [6.07, 6.45) is 7.63. The second-order valence-electron chi connectivity index (χ2n) is 7.28. The van der Waals surface area contributed by atoms with E-state index in [9.17, 15) is 4.79 Å². The minimum absolute atomic E-state index is 0.00812. The summed E-state index contributed by atoms with van der Waals surface area (Å²) in [5, 5.41) is 11.3. The van der Waals surface area contributed by atoms with Gasteiger partial charge in [-0.05, 0) is 31.5 Å². The fourth-order valence-corrected chi connectivity index (χ4v) is 3.53. The first-order valence-electron chi connectivity index (χ1n) is 9.99. The van der Waals surface area contributed by atoms with Crippen molar-refractivity contribution in [1.82, 2.24) is 34.6 Å². The van der Waals surface area contributed by atoms with Crippen molar-refractivity contribution in [3.05, 3.63) is 54.5 Å². The number of amides is 1.